The predicted molar refractivity (Wildman–Crippen MR) is 98.1 cm³/mol. The number of hydrazine groups is 1. The van der Waals surface area contributed by atoms with E-state index in [-0.39, 0.29) is 23.7 Å². The molecule has 0 N–H and O–H groups in total. The summed E-state index contributed by atoms with van der Waals surface area (Å²) < 4.78 is 13.3. The molecule has 0 saturated carbocycles. The zero-order valence-electron chi connectivity index (χ0n) is 15.0. The maximum Gasteiger partial charge on any atom is 0.253 e. The molecule has 0 radical (unpaired) electrons. The summed E-state index contributed by atoms with van der Waals surface area (Å²) in [6, 6.07) is 13.1. The highest BCUT2D eigenvalue weighted by Gasteiger charge is 2.62. The fourth-order valence-corrected chi connectivity index (χ4v) is 4.72. The van der Waals surface area contributed by atoms with Crippen molar-refractivity contribution in [1.29, 1.82) is 0 Å². The van der Waals surface area contributed by atoms with Crippen molar-refractivity contribution in [2.75, 3.05) is 18.0 Å². The van der Waals surface area contributed by atoms with Gasteiger partial charge < -0.3 is 0 Å². The molecule has 5 rings (SSSR count). The molecular weight excluding hydrogens is 345 g/mol. The van der Waals surface area contributed by atoms with Crippen LogP contribution < -0.4 is 4.90 Å². The van der Waals surface area contributed by atoms with Crippen LogP contribution in [0.3, 0.4) is 0 Å². The highest BCUT2D eigenvalue weighted by Crippen LogP contribution is 2.48. The van der Waals surface area contributed by atoms with Gasteiger partial charge in [0.1, 0.15) is 11.9 Å². The number of benzene rings is 2. The van der Waals surface area contributed by atoms with Crippen molar-refractivity contribution in [3.63, 3.8) is 0 Å². The number of imide groups is 1. The number of amides is 2. The molecule has 3 atom stereocenters. The van der Waals surface area contributed by atoms with E-state index in [4.69, 9.17) is 0 Å². The van der Waals surface area contributed by atoms with Crippen LogP contribution in [0.15, 0.2) is 48.5 Å². The summed E-state index contributed by atoms with van der Waals surface area (Å²) in [5, 5.41) is 4.26. The van der Waals surface area contributed by atoms with Gasteiger partial charge in [-0.2, -0.15) is 0 Å². The van der Waals surface area contributed by atoms with Crippen molar-refractivity contribution in [3.8, 4) is 0 Å². The molecule has 6 heteroatoms. The van der Waals surface area contributed by atoms with Crippen LogP contribution in [0.5, 0.6) is 0 Å². The average Bonchev–Trinajstić information content (AvgIpc) is 3.30. The molecule has 2 amide bonds. The number of hydrogen-bond acceptors (Lipinski definition) is 4. The second kappa shape index (κ2) is 5.97. The quantitative estimate of drug-likeness (QED) is 0.768. The maximum atomic E-state index is 13.3. The van der Waals surface area contributed by atoms with Gasteiger partial charge in [-0.1, -0.05) is 29.8 Å². The van der Waals surface area contributed by atoms with Crippen LogP contribution >= 0.6 is 0 Å². The van der Waals surface area contributed by atoms with Gasteiger partial charge in [0.2, 0.25) is 5.91 Å². The molecule has 3 aliphatic heterocycles. The minimum absolute atomic E-state index is 0.139. The van der Waals surface area contributed by atoms with Gasteiger partial charge in [-0.15, -0.1) is 0 Å². The van der Waals surface area contributed by atoms with E-state index in [2.05, 4.69) is 22.2 Å². The lowest BCUT2D eigenvalue weighted by Gasteiger charge is -2.29. The zero-order chi connectivity index (χ0) is 18.7. The highest BCUT2D eigenvalue weighted by molar-refractivity contribution is 6.24. The van der Waals surface area contributed by atoms with Gasteiger partial charge in [0, 0.05) is 13.1 Å². The van der Waals surface area contributed by atoms with Gasteiger partial charge in [0.15, 0.2) is 0 Å². The number of carbonyl (C=O) groups is 2. The van der Waals surface area contributed by atoms with Gasteiger partial charge in [-0.25, -0.2) is 19.3 Å². The van der Waals surface area contributed by atoms with Gasteiger partial charge in [-0.05, 0) is 43.2 Å². The van der Waals surface area contributed by atoms with E-state index >= 15 is 0 Å². The first-order valence-corrected chi connectivity index (χ1v) is 9.29. The Labute approximate surface area is 156 Å². The van der Waals surface area contributed by atoms with E-state index in [9.17, 15) is 14.0 Å². The molecule has 5 nitrogen and oxygen atoms in total. The zero-order valence-corrected chi connectivity index (χ0v) is 15.0. The Morgan fingerprint density at radius 3 is 2.15 bits per heavy atom. The number of hydrogen-bond donors (Lipinski definition) is 0. The van der Waals surface area contributed by atoms with E-state index in [1.807, 2.05) is 19.1 Å². The molecule has 2 aromatic rings. The van der Waals surface area contributed by atoms with Crippen molar-refractivity contribution < 1.29 is 14.0 Å². The molecule has 3 heterocycles. The van der Waals surface area contributed by atoms with Crippen molar-refractivity contribution in [1.82, 2.24) is 10.0 Å². The first-order valence-electron chi connectivity index (χ1n) is 9.29. The third kappa shape index (κ3) is 2.37. The molecule has 27 heavy (non-hydrogen) atoms. The summed E-state index contributed by atoms with van der Waals surface area (Å²) in [5.74, 6) is -1.23. The fourth-order valence-electron chi connectivity index (χ4n) is 4.72. The number of nitrogens with zero attached hydrogens (tertiary/aromatic N) is 3. The number of fused-ring (bicyclic) bond motifs is 3. The molecule has 3 saturated heterocycles. The summed E-state index contributed by atoms with van der Waals surface area (Å²) in [4.78, 5) is 27.8. The molecule has 0 aromatic heterocycles. The van der Waals surface area contributed by atoms with Gasteiger partial charge in [0.25, 0.3) is 5.91 Å². The van der Waals surface area contributed by atoms with Crippen LogP contribution in [0.4, 0.5) is 10.1 Å². The minimum Gasteiger partial charge on any atom is -0.274 e. The number of carbonyl (C=O) groups excluding carboxylic acids is 2. The topological polar surface area (TPSA) is 43.9 Å². The summed E-state index contributed by atoms with van der Waals surface area (Å²) in [7, 11) is 0. The molecule has 0 aliphatic carbocycles. The number of halogens is 1. The van der Waals surface area contributed by atoms with Gasteiger partial charge in [-0.3, -0.25) is 9.59 Å². The third-order valence-corrected chi connectivity index (χ3v) is 5.91. The first kappa shape index (κ1) is 16.6. The number of rotatable bonds is 2. The molecule has 0 bridgehead atoms. The van der Waals surface area contributed by atoms with Crippen LogP contribution in [0.2, 0.25) is 0 Å². The standard InChI is InChI=1S/C21H20FN3O2/c1-13-3-5-14(6-4-13)18-17-19(24-12-2-11-23(18)24)21(27)25(20(17)26)16-9-7-15(22)8-10-16/h3-10,17-19H,2,11-12H2,1H3/t17-,18-,19-/m0/s1. The van der Waals surface area contributed by atoms with E-state index in [1.165, 1.54) is 29.2 Å². The van der Waals surface area contributed by atoms with Gasteiger partial charge in [0.05, 0.1) is 17.6 Å². The Morgan fingerprint density at radius 2 is 1.48 bits per heavy atom. The van der Waals surface area contributed by atoms with Crippen LogP contribution in [0.1, 0.15) is 23.6 Å². The Hall–Kier alpha value is -2.57. The van der Waals surface area contributed by atoms with Crippen LogP contribution in [0.25, 0.3) is 0 Å². The largest absolute Gasteiger partial charge is 0.274 e. The van der Waals surface area contributed by atoms with E-state index in [0.717, 1.165) is 30.6 Å². The predicted octanol–water partition coefficient (Wildman–Crippen LogP) is 2.67. The van der Waals surface area contributed by atoms with Crippen LogP contribution in [-0.4, -0.2) is 41.0 Å². The fraction of sp³-hybridized carbons (Fsp3) is 0.333. The Bertz CT molecular complexity index is 912. The normalized spacial score (nSPS) is 28.1. The Kier molecular flexibility index (Phi) is 3.67. The lowest BCUT2D eigenvalue weighted by molar-refractivity contribution is -0.126. The van der Waals surface area contributed by atoms with E-state index in [0.29, 0.717) is 5.69 Å². The highest BCUT2D eigenvalue weighted by atomic mass is 19.1. The van der Waals surface area contributed by atoms with Crippen molar-refractivity contribution in [3.05, 3.63) is 65.5 Å². The second-order valence-electron chi connectivity index (χ2n) is 7.49. The molecule has 2 aromatic carbocycles. The summed E-state index contributed by atoms with van der Waals surface area (Å²) in [5.41, 5.74) is 2.66. The summed E-state index contributed by atoms with van der Waals surface area (Å²) in [6.07, 6.45) is 0.976. The smallest absolute Gasteiger partial charge is 0.253 e. The lowest BCUT2D eigenvalue weighted by atomic mass is 9.89. The lowest BCUT2D eigenvalue weighted by Crippen LogP contribution is -2.44. The summed E-state index contributed by atoms with van der Waals surface area (Å²) in [6.45, 7) is 3.66. The van der Waals surface area contributed by atoms with Crippen molar-refractivity contribution in [2.45, 2.75) is 25.4 Å². The van der Waals surface area contributed by atoms with Crippen molar-refractivity contribution >= 4 is 17.5 Å². The summed E-state index contributed by atoms with van der Waals surface area (Å²) >= 11 is 0. The van der Waals surface area contributed by atoms with Crippen LogP contribution in [-0.2, 0) is 9.59 Å². The molecule has 3 fully saturated rings. The van der Waals surface area contributed by atoms with E-state index in [1.54, 1.807) is 0 Å². The van der Waals surface area contributed by atoms with Crippen molar-refractivity contribution in [2.24, 2.45) is 5.92 Å². The first-order chi connectivity index (χ1) is 13.1. The molecule has 0 spiro atoms. The van der Waals surface area contributed by atoms with Gasteiger partial charge >= 0.3 is 0 Å². The van der Waals surface area contributed by atoms with E-state index < -0.39 is 12.0 Å². The Morgan fingerprint density at radius 1 is 0.852 bits per heavy atom. The minimum atomic E-state index is -0.476. The number of anilines is 1. The molecule has 3 aliphatic rings. The Balaban J connectivity index is 1.57. The third-order valence-electron chi connectivity index (χ3n) is 5.91. The monoisotopic (exact) mass is 365 g/mol. The SMILES string of the molecule is Cc1ccc([C@H]2[C@@H]3C(=O)N(c4ccc(F)cc4)C(=O)[C@H]3N3CCCN23)cc1. The molecule has 138 valence electrons. The maximum absolute atomic E-state index is 13.3. The molecular formula is C21H20FN3O2. The van der Waals surface area contributed by atoms with Crippen LogP contribution in [0, 0.1) is 18.7 Å². The molecule has 0 unspecified atom stereocenters. The second-order valence-corrected chi connectivity index (χ2v) is 7.49. The number of aryl methyl sites for hydroxylation is 1. The average molecular weight is 365 g/mol.